The maximum atomic E-state index is 12.1. The van der Waals surface area contributed by atoms with Crippen molar-refractivity contribution in [1.29, 1.82) is 0 Å². The number of piperazine rings is 1. The van der Waals surface area contributed by atoms with E-state index in [9.17, 15) is 13.2 Å². The second-order valence-electron chi connectivity index (χ2n) is 4.43. The number of rotatable bonds is 2. The van der Waals surface area contributed by atoms with E-state index in [0.717, 1.165) is 0 Å². The van der Waals surface area contributed by atoms with E-state index in [1.807, 2.05) is 0 Å². The number of amides is 1. The van der Waals surface area contributed by atoms with Gasteiger partial charge in [-0.15, -0.1) is 0 Å². The Hall–Kier alpha value is -1.67. The predicted molar refractivity (Wildman–Crippen MR) is 71.0 cm³/mol. The minimum absolute atomic E-state index is 0.222. The van der Waals surface area contributed by atoms with Crippen LogP contribution in [0.1, 0.15) is 10.5 Å². The van der Waals surface area contributed by atoms with Crippen LogP contribution >= 0.6 is 0 Å². The lowest BCUT2D eigenvalue weighted by Crippen LogP contribution is -2.50. The molecule has 1 saturated heterocycles. The van der Waals surface area contributed by atoms with Crippen LogP contribution in [0.4, 0.5) is 5.69 Å². The zero-order valence-electron chi connectivity index (χ0n) is 10.6. The number of nitrogen functional groups attached to an aromatic ring is 1. The van der Waals surface area contributed by atoms with Crippen molar-refractivity contribution < 1.29 is 13.2 Å². The van der Waals surface area contributed by atoms with Gasteiger partial charge in [0.05, 0.1) is 6.26 Å². The summed E-state index contributed by atoms with van der Waals surface area (Å²) >= 11 is 0. The molecule has 2 rings (SSSR count). The van der Waals surface area contributed by atoms with Crippen LogP contribution in [0, 0.1) is 0 Å². The van der Waals surface area contributed by atoms with Gasteiger partial charge in [-0.25, -0.2) is 8.42 Å². The minimum Gasteiger partial charge on any atom is -0.399 e. The maximum absolute atomic E-state index is 12.1. The summed E-state index contributed by atoms with van der Waals surface area (Å²) in [4.78, 5) is 17.7. The number of sulfonamides is 1. The van der Waals surface area contributed by atoms with Crippen LogP contribution in [0.15, 0.2) is 18.3 Å². The summed E-state index contributed by atoms with van der Waals surface area (Å²) in [5.41, 5.74) is 6.37. The van der Waals surface area contributed by atoms with Crippen molar-refractivity contribution in [2.24, 2.45) is 0 Å². The highest BCUT2D eigenvalue weighted by molar-refractivity contribution is 7.88. The van der Waals surface area contributed by atoms with Crippen LogP contribution in [0.5, 0.6) is 0 Å². The van der Waals surface area contributed by atoms with E-state index in [4.69, 9.17) is 5.73 Å². The molecule has 0 saturated carbocycles. The van der Waals surface area contributed by atoms with E-state index >= 15 is 0 Å². The summed E-state index contributed by atoms with van der Waals surface area (Å²) in [7, 11) is -3.19. The van der Waals surface area contributed by atoms with Crippen molar-refractivity contribution in [2.45, 2.75) is 0 Å². The van der Waals surface area contributed by atoms with Gasteiger partial charge in [0.15, 0.2) is 0 Å². The lowest BCUT2D eigenvalue weighted by atomic mass is 10.2. The molecule has 1 amide bonds. The molecular weight excluding hydrogens is 268 g/mol. The molecule has 1 fully saturated rings. The van der Waals surface area contributed by atoms with E-state index in [-0.39, 0.29) is 11.6 Å². The molecule has 0 atom stereocenters. The summed E-state index contributed by atoms with van der Waals surface area (Å²) in [6.45, 7) is 1.35. The Morgan fingerprint density at radius 3 is 2.47 bits per heavy atom. The second kappa shape index (κ2) is 5.14. The molecule has 104 valence electrons. The van der Waals surface area contributed by atoms with Crippen molar-refractivity contribution >= 4 is 21.6 Å². The van der Waals surface area contributed by atoms with Gasteiger partial charge in [0.25, 0.3) is 5.91 Å². The molecular formula is C11H16N4O3S. The topological polar surface area (TPSA) is 96.6 Å². The van der Waals surface area contributed by atoms with Gasteiger partial charge in [-0.1, -0.05) is 0 Å². The zero-order chi connectivity index (χ0) is 14.0. The Bertz CT molecular complexity index is 579. The smallest absolute Gasteiger partial charge is 0.272 e. The van der Waals surface area contributed by atoms with Crippen LogP contribution in [0.3, 0.4) is 0 Å². The maximum Gasteiger partial charge on any atom is 0.272 e. The molecule has 2 N–H and O–H groups in total. The number of nitrogens with zero attached hydrogens (tertiary/aromatic N) is 3. The molecule has 0 aromatic carbocycles. The summed E-state index contributed by atoms with van der Waals surface area (Å²) < 4.78 is 24.1. The second-order valence-corrected chi connectivity index (χ2v) is 6.41. The SMILES string of the molecule is CS(=O)(=O)N1CCN(C(=O)c2cc(N)ccn2)CC1. The van der Waals surface area contributed by atoms with Crippen molar-refractivity contribution in [2.75, 3.05) is 38.2 Å². The Balaban J connectivity index is 2.04. The van der Waals surface area contributed by atoms with Gasteiger partial charge in [-0.2, -0.15) is 4.31 Å². The standard InChI is InChI=1S/C11H16N4O3S/c1-19(17,18)15-6-4-14(5-7-15)11(16)10-8-9(12)2-3-13-10/h2-3,8H,4-7H2,1H3,(H2,12,13). The quantitative estimate of drug-likeness (QED) is 0.781. The van der Waals surface area contributed by atoms with Gasteiger partial charge < -0.3 is 10.6 Å². The van der Waals surface area contributed by atoms with Crippen LogP contribution in [0.2, 0.25) is 0 Å². The lowest BCUT2D eigenvalue weighted by molar-refractivity contribution is 0.0692. The number of aromatic nitrogens is 1. The van der Waals surface area contributed by atoms with Crippen LogP contribution < -0.4 is 5.73 Å². The Morgan fingerprint density at radius 2 is 1.95 bits per heavy atom. The van der Waals surface area contributed by atoms with Gasteiger partial charge in [-0.05, 0) is 12.1 Å². The summed E-state index contributed by atoms with van der Waals surface area (Å²) in [5, 5.41) is 0. The number of carbonyl (C=O) groups excluding carboxylic acids is 1. The van der Waals surface area contributed by atoms with Gasteiger partial charge in [0.1, 0.15) is 5.69 Å². The third kappa shape index (κ3) is 3.21. The first-order chi connectivity index (χ1) is 8.88. The lowest BCUT2D eigenvalue weighted by Gasteiger charge is -2.33. The van der Waals surface area contributed by atoms with Gasteiger partial charge in [-0.3, -0.25) is 9.78 Å². The Labute approximate surface area is 112 Å². The van der Waals surface area contributed by atoms with Crippen molar-refractivity contribution in [1.82, 2.24) is 14.2 Å². The normalized spacial score (nSPS) is 17.4. The molecule has 8 heteroatoms. The average Bonchev–Trinajstić information content (AvgIpc) is 2.37. The molecule has 7 nitrogen and oxygen atoms in total. The summed E-state index contributed by atoms with van der Waals surface area (Å²) in [6.07, 6.45) is 2.65. The fraction of sp³-hybridized carbons (Fsp3) is 0.455. The monoisotopic (exact) mass is 284 g/mol. The van der Waals surface area contributed by atoms with Gasteiger partial charge in [0.2, 0.25) is 10.0 Å². The van der Waals surface area contributed by atoms with Crippen LogP contribution in [-0.4, -0.2) is 60.9 Å². The number of nitrogens with two attached hydrogens (primary N) is 1. The molecule has 19 heavy (non-hydrogen) atoms. The fourth-order valence-electron chi connectivity index (χ4n) is 1.95. The first-order valence-electron chi connectivity index (χ1n) is 5.84. The zero-order valence-corrected chi connectivity index (χ0v) is 11.4. The van der Waals surface area contributed by atoms with E-state index in [2.05, 4.69) is 4.98 Å². The van der Waals surface area contributed by atoms with E-state index < -0.39 is 10.0 Å². The number of hydrogen-bond donors (Lipinski definition) is 1. The molecule has 0 aliphatic carbocycles. The largest absolute Gasteiger partial charge is 0.399 e. The first kappa shape index (κ1) is 13.8. The molecule has 0 spiro atoms. The molecule has 1 aromatic rings. The molecule has 1 aromatic heterocycles. The number of hydrogen-bond acceptors (Lipinski definition) is 5. The van der Waals surface area contributed by atoms with Crippen molar-refractivity contribution in [3.05, 3.63) is 24.0 Å². The van der Waals surface area contributed by atoms with Gasteiger partial charge >= 0.3 is 0 Å². The van der Waals surface area contributed by atoms with E-state index in [1.54, 1.807) is 11.0 Å². The third-order valence-corrected chi connectivity index (χ3v) is 4.30. The molecule has 1 aliphatic rings. The van der Waals surface area contributed by atoms with Gasteiger partial charge in [0, 0.05) is 38.1 Å². The average molecular weight is 284 g/mol. The predicted octanol–water partition coefficient (Wildman–Crippen LogP) is -0.619. The summed E-state index contributed by atoms with van der Waals surface area (Å²) in [6, 6.07) is 3.13. The highest BCUT2D eigenvalue weighted by Gasteiger charge is 2.27. The third-order valence-electron chi connectivity index (χ3n) is 3.00. The van der Waals surface area contributed by atoms with Crippen molar-refractivity contribution in [3.8, 4) is 0 Å². The van der Waals surface area contributed by atoms with E-state index in [0.29, 0.717) is 31.9 Å². The number of carbonyl (C=O) groups is 1. The van der Waals surface area contributed by atoms with Crippen LogP contribution in [0.25, 0.3) is 0 Å². The summed E-state index contributed by atoms with van der Waals surface area (Å²) in [5.74, 6) is -0.222. The fourth-order valence-corrected chi connectivity index (χ4v) is 2.78. The highest BCUT2D eigenvalue weighted by atomic mass is 32.2. The first-order valence-corrected chi connectivity index (χ1v) is 7.68. The van der Waals surface area contributed by atoms with E-state index in [1.165, 1.54) is 22.8 Å². The Kier molecular flexibility index (Phi) is 3.72. The molecule has 0 unspecified atom stereocenters. The Morgan fingerprint density at radius 1 is 1.32 bits per heavy atom. The highest BCUT2D eigenvalue weighted by Crippen LogP contribution is 2.11. The molecule has 0 bridgehead atoms. The molecule has 0 radical (unpaired) electrons. The minimum atomic E-state index is -3.19. The van der Waals surface area contributed by atoms with Crippen LogP contribution in [-0.2, 0) is 10.0 Å². The number of pyridine rings is 1. The molecule has 1 aliphatic heterocycles. The van der Waals surface area contributed by atoms with Crippen molar-refractivity contribution in [3.63, 3.8) is 0 Å². The molecule has 2 heterocycles. The number of anilines is 1.